The van der Waals surface area contributed by atoms with Crippen LogP contribution in [0.25, 0.3) is 11.3 Å². The predicted octanol–water partition coefficient (Wildman–Crippen LogP) is 3.64. The molecule has 0 saturated carbocycles. The second-order valence-corrected chi connectivity index (χ2v) is 3.84. The Bertz CT molecular complexity index is 568. The first kappa shape index (κ1) is 11.9. The van der Waals surface area contributed by atoms with Gasteiger partial charge < -0.3 is 4.52 Å². The van der Waals surface area contributed by atoms with Gasteiger partial charge in [0.1, 0.15) is 5.69 Å². The average molecular weight is 273 g/mol. The Hall–Kier alpha value is -1.59. The second-order valence-electron chi connectivity index (χ2n) is 3.22. The van der Waals surface area contributed by atoms with Crippen LogP contribution in [0.1, 0.15) is 5.56 Å². The van der Waals surface area contributed by atoms with Crippen LogP contribution in [-0.4, -0.2) is 10.1 Å². The molecule has 2 aromatic rings. The third-order valence-corrected chi connectivity index (χ3v) is 2.77. The molecule has 1 aromatic heterocycles. The van der Waals surface area contributed by atoms with Gasteiger partial charge in [-0.2, -0.15) is 0 Å². The van der Waals surface area contributed by atoms with E-state index in [1.54, 1.807) is 12.1 Å². The Morgan fingerprint density at radius 1 is 1.47 bits per heavy atom. The molecular formula is C10H6Cl2N2O3. The molecule has 0 aliphatic rings. The van der Waals surface area contributed by atoms with Crippen molar-refractivity contribution >= 4 is 28.9 Å². The highest BCUT2D eigenvalue weighted by Gasteiger charge is 2.17. The Morgan fingerprint density at radius 3 is 2.88 bits per heavy atom. The number of hydrogen-bond acceptors (Lipinski definition) is 4. The summed E-state index contributed by atoms with van der Waals surface area (Å²) in [4.78, 5) is 10.2. The summed E-state index contributed by atoms with van der Waals surface area (Å²) in [5.41, 5.74) is 1.47. The molecule has 2 rings (SSSR count). The van der Waals surface area contributed by atoms with Gasteiger partial charge >= 0.3 is 0 Å². The zero-order chi connectivity index (χ0) is 12.4. The van der Waals surface area contributed by atoms with E-state index in [-0.39, 0.29) is 16.8 Å². The number of non-ortho nitro benzene ring substituents is 1. The normalized spacial score (nSPS) is 10.5. The van der Waals surface area contributed by atoms with Crippen LogP contribution in [0.2, 0.25) is 5.22 Å². The highest BCUT2D eigenvalue weighted by Crippen LogP contribution is 2.31. The Labute approximate surface area is 106 Å². The van der Waals surface area contributed by atoms with E-state index in [1.165, 1.54) is 12.1 Å². The van der Waals surface area contributed by atoms with Crippen LogP contribution in [0.4, 0.5) is 5.69 Å². The summed E-state index contributed by atoms with van der Waals surface area (Å²) < 4.78 is 4.80. The van der Waals surface area contributed by atoms with Crippen molar-refractivity contribution in [1.29, 1.82) is 0 Å². The summed E-state index contributed by atoms with van der Waals surface area (Å²) in [6.07, 6.45) is 0. The van der Waals surface area contributed by atoms with Gasteiger partial charge in [-0.15, -0.1) is 11.6 Å². The second kappa shape index (κ2) is 4.73. The highest BCUT2D eigenvalue weighted by molar-refractivity contribution is 6.31. The molecule has 0 N–H and O–H groups in total. The van der Waals surface area contributed by atoms with Crippen LogP contribution in [0.3, 0.4) is 0 Å². The monoisotopic (exact) mass is 272 g/mol. The molecule has 0 aliphatic carbocycles. The maximum Gasteiger partial charge on any atom is 0.270 e. The summed E-state index contributed by atoms with van der Waals surface area (Å²) in [6.45, 7) is 0. The molecule has 88 valence electrons. The Kier molecular flexibility index (Phi) is 3.31. The van der Waals surface area contributed by atoms with Crippen molar-refractivity contribution in [3.63, 3.8) is 0 Å². The molecule has 0 aliphatic heterocycles. The molecule has 1 aromatic carbocycles. The standard InChI is InChI=1S/C10H6Cl2N2O3/c11-5-8-9(13-17-10(8)12)6-2-1-3-7(4-6)14(15)16/h1-4H,5H2. The molecule has 1 heterocycles. The van der Waals surface area contributed by atoms with Crippen LogP contribution in [0, 0.1) is 10.1 Å². The molecule has 0 spiro atoms. The van der Waals surface area contributed by atoms with Crippen molar-refractivity contribution in [2.45, 2.75) is 5.88 Å². The number of nitro benzene ring substituents is 1. The van der Waals surface area contributed by atoms with Crippen LogP contribution in [0.5, 0.6) is 0 Å². The lowest BCUT2D eigenvalue weighted by molar-refractivity contribution is -0.384. The fourth-order valence-corrected chi connectivity index (χ4v) is 1.91. The van der Waals surface area contributed by atoms with Gasteiger partial charge in [0.05, 0.1) is 16.4 Å². The fraction of sp³-hybridized carbons (Fsp3) is 0.100. The van der Waals surface area contributed by atoms with E-state index in [9.17, 15) is 10.1 Å². The average Bonchev–Trinajstić information content (AvgIpc) is 2.70. The number of benzene rings is 1. The van der Waals surface area contributed by atoms with Crippen molar-refractivity contribution < 1.29 is 9.45 Å². The topological polar surface area (TPSA) is 69.2 Å². The van der Waals surface area contributed by atoms with Crippen molar-refractivity contribution in [3.8, 4) is 11.3 Å². The lowest BCUT2D eigenvalue weighted by Crippen LogP contribution is -1.89. The number of rotatable bonds is 3. The fourth-order valence-electron chi connectivity index (χ4n) is 1.40. The minimum Gasteiger partial charge on any atom is -0.343 e. The van der Waals surface area contributed by atoms with Gasteiger partial charge in [0.25, 0.3) is 5.69 Å². The third kappa shape index (κ3) is 2.25. The molecule has 17 heavy (non-hydrogen) atoms. The van der Waals surface area contributed by atoms with Gasteiger partial charge in [-0.25, -0.2) is 0 Å². The number of aromatic nitrogens is 1. The molecule has 0 amide bonds. The van der Waals surface area contributed by atoms with E-state index in [0.29, 0.717) is 16.8 Å². The summed E-state index contributed by atoms with van der Waals surface area (Å²) in [7, 11) is 0. The highest BCUT2D eigenvalue weighted by atomic mass is 35.5. The van der Waals surface area contributed by atoms with E-state index in [2.05, 4.69) is 5.16 Å². The minimum atomic E-state index is -0.481. The summed E-state index contributed by atoms with van der Waals surface area (Å²) >= 11 is 11.5. The molecule has 5 nitrogen and oxygen atoms in total. The molecule has 0 fully saturated rings. The first-order valence-corrected chi connectivity index (χ1v) is 5.49. The number of nitro groups is 1. The molecule has 0 radical (unpaired) electrons. The lowest BCUT2D eigenvalue weighted by Gasteiger charge is -1.98. The number of halogens is 2. The van der Waals surface area contributed by atoms with E-state index < -0.39 is 4.92 Å². The smallest absolute Gasteiger partial charge is 0.270 e. The zero-order valence-corrected chi connectivity index (χ0v) is 9.90. The third-order valence-electron chi connectivity index (χ3n) is 2.20. The zero-order valence-electron chi connectivity index (χ0n) is 8.39. The molecule has 0 atom stereocenters. The van der Waals surface area contributed by atoms with Gasteiger partial charge in [0.15, 0.2) is 0 Å². The summed E-state index contributed by atoms with van der Waals surface area (Å²) in [5, 5.41) is 14.5. The van der Waals surface area contributed by atoms with Crippen molar-refractivity contribution in [1.82, 2.24) is 5.16 Å². The van der Waals surface area contributed by atoms with E-state index in [0.717, 1.165) is 0 Å². The predicted molar refractivity (Wildman–Crippen MR) is 63.2 cm³/mol. The van der Waals surface area contributed by atoms with Gasteiger partial charge in [-0.3, -0.25) is 10.1 Å². The van der Waals surface area contributed by atoms with E-state index in [1.807, 2.05) is 0 Å². The van der Waals surface area contributed by atoms with Crippen molar-refractivity contribution in [2.24, 2.45) is 0 Å². The minimum absolute atomic E-state index is 0.0258. The Morgan fingerprint density at radius 2 is 2.24 bits per heavy atom. The van der Waals surface area contributed by atoms with Crippen LogP contribution in [-0.2, 0) is 5.88 Å². The maximum absolute atomic E-state index is 10.7. The maximum atomic E-state index is 10.7. The Balaban J connectivity index is 2.52. The largest absolute Gasteiger partial charge is 0.343 e. The SMILES string of the molecule is O=[N+]([O-])c1cccc(-c2noc(Cl)c2CCl)c1. The summed E-state index contributed by atoms with van der Waals surface area (Å²) in [6, 6.07) is 6.03. The molecular weight excluding hydrogens is 267 g/mol. The van der Waals surface area contributed by atoms with Gasteiger partial charge in [-0.05, 0) is 11.6 Å². The van der Waals surface area contributed by atoms with Crippen LogP contribution < -0.4 is 0 Å². The van der Waals surface area contributed by atoms with Gasteiger partial charge in [0, 0.05) is 17.7 Å². The molecule has 0 saturated heterocycles. The molecule has 0 bridgehead atoms. The van der Waals surface area contributed by atoms with Gasteiger partial charge in [-0.1, -0.05) is 17.3 Å². The molecule has 0 unspecified atom stereocenters. The molecule has 7 heteroatoms. The van der Waals surface area contributed by atoms with Crippen LogP contribution in [0.15, 0.2) is 28.8 Å². The van der Waals surface area contributed by atoms with E-state index >= 15 is 0 Å². The van der Waals surface area contributed by atoms with Crippen LogP contribution >= 0.6 is 23.2 Å². The van der Waals surface area contributed by atoms with E-state index in [4.69, 9.17) is 27.7 Å². The number of alkyl halides is 1. The summed E-state index contributed by atoms with van der Waals surface area (Å²) in [5.74, 6) is 0.125. The quantitative estimate of drug-likeness (QED) is 0.486. The number of nitrogens with zero attached hydrogens (tertiary/aromatic N) is 2. The first-order valence-electron chi connectivity index (χ1n) is 4.58. The van der Waals surface area contributed by atoms with Crippen molar-refractivity contribution in [2.75, 3.05) is 0 Å². The van der Waals surface area contributed by atoms with Gasteiger partial charge in [0.2, 0.25) is 5.22 Å². The first-order chi connectivity index (χ1) is 8.13. The number of hydrogen-bond donors (Lipinski definition) is 0. The lowest BCUT2D eigenvalue weighted by atomic mass is 10.1. The van der Waals surface area contributed by atoms with Crippen molar-refractivity contribution in [3.05, 3.63) is 45.2 Å².